The third kappa shape index (κ3) is 3.88. The van der Waals surface area contributed by atoms with Gasteiger partial charge in [0.2, 0.25) is 0 Å². The fourth-order valence-corrected chi connectivity index (χ4v) is 2.91. The van der Waals surface area contributed by atoms with Crippen LogP contribution in [0.15, 0.2) is 30.6 Å². The second kappa shape index (κ2) is 6.81. The third-order valence-electron chi connectivity index (χ3n) is 3.83. The number of pyridine rings is 1. The van der Waals surface area contributed by atoms with Crippen molar-refractivity contribution in [1.29, 1.82) is 0 Å². The second-order valence-electron chi connectivity index (χ2n) is 5.63. The van der Waals surface area contributed by atoms with Crippen molar-refractivity contribution in [2.24, 2.45) is 0 Å². The van der Waals surface area contributed by atoms with Gasteiger partial charge in [0.1, 0.15) is 5.82 Å². The summed E-state index contributed by atoms with van der Waals surface area (Å²) in [4.78, 5) is 3.97. The molecular weight excluding hydrogens is 263 g/mol. The Balaban J connectivity index is 2.33. The quantitative estimate of drug-likeness (QED) is 0.897. The molecular formula is C18H23FN2. The van der Waals surface area contributed by atoms with Crippen LogP contribution in [0.25, 0.3) is 0 Å². The van der Waals surface area contributed by atoms with E-state index in [9.17, 15) is 4.39 Å². The molecule has 0 fully saturated rings. The van der Waals surface area contributed by atoms with Gasteiger partial charge >= 0.3 is 0 Å². The summed E-state index contributed by atoms with van der Waals surface area (Å²) in [6.45, 7) is 9.30. The number of hydrogen-bond donors (Lipinski definition) is 1. The normalized spacial score (nSPS) is 12.4. The molecule has 0 aliphatic rings. The van der Waals surface area contributed by atoms with Gasteiger partial charge in [0.05, 0.1) is 6.20 Å². The molecule has 1 N–H and O–H groups in total. The molecule has 2 nitrogen and oxygen atoms in total. The first-order valence-electron chi connectivity index (χ1n) is 7.41. The summed E-state index contributed by atoms with van der Waals surface area (Å²) in [5.74, 6) is -0.284. The number of benzene rings is 1. The highest BCUT2D eigenvalue weighted by Gasteiger charge is 2.15. The lowest BCUT2D eigenvalue weighted by atomic mass is 9.92. The highest BCUT2D eigenvalue weighted by molar-refractivity contribution is 5.38. The van der Waals surface area contributed by atoms with Gasteiger partial charge in [-0.05, 0) is 62.1 Å². The van der Waals surface area contributed by atoms with Crippen molar-refractivity contribution in [3.05, 3.63) is 64.2 Å². The molecule has 1 aromatic heterocycles. The summed E-state index contributed by atoms with van der Waals surface area (Å²) in [6.07, 6.45) is 3.83. The van der Waals surface area contributed by atoms with E-state index in [1.165, 1.54) is 28.5 Å². The minimum absolute atomic E-state index is 0.0818. The molecule has 0 radical (unpaired) electrons. The molecule has 0 aliphatic carbocycles. The lowest BCUT2D eigenvalue weighted by Crippen LogP contribution is -2.24. The minimum Gasteiger partial charge on any atom is -0.310 e. The average Bonchev–Trinajstić information content (AvgIpc) is 2.41. The zero-order chi connectivity index (χ0) is 15.4. The molecule has 2 rings (SSSR count). The lowest BCUT2D eigenvalue weighted by molar-refractivity contribution is 0.537. The van der Waals surface area contributed by atoms with Crippen molar-refractivity contribution in [2.75, 3.05) is 6.54 Å². The lowest BCUT2D eigenvalue weighted by Gasteiger charge is -2.21. The monoisotopic (exact) mass is 286 g/mol. The number of rotatable bonds is 5. The number of halogens is 1. The molecule has 0 saturated heterocycles. The molecule has 1 aromatic carbocycles. The Kier molecular flexibility index (Phi) is 5.07. The predicted octanol–water partition coefficient (Wildman–Crippen LogP) is 4.04. The Morgan fingerprint density at radius 1 is 1.10 bits per heavy atom. The molecule has 0 bridgehead atoms. The summed E-state index contributed by atoms with van der Waals surface area (Å²) in [7, 11) is 0. The molecule has 1 heterocycles. The van der Waals surface area contributed by atoms with Crippen molar-refractivity contribution in [2.45, 2.75) is 40.2 Å². The Labute approximate surface area is 126 Å². The molecule has 0 aliphatic heterocycles. The number of aryl methyl sites for hydroxylation is 3. The zero-order valence-corrected chi connectivity index (χ0v) is 13.2. The highest BCUT2D eigenvalue weighted by atomic mass is 19.1. The van der Waals surface area contributed by atoms with E-state index in [2.05, 4.69) is 50.1 Å². The first-order chi connectivity index (χ1) is 10.0. The van der Waals surface area contributed by atoms with Gasteiger partial charge in [-0.1, -0.05) is 24.6 Å². The highest BCUT2D eigenvalue weighted by Crippen LogP contribution is 2.24. The minimum atomic E-state index is -0.284. The van der Waals surface area contributed by atoms with E-state index >= 15 is 0 Å². The SMILES string of the molecule is CCNC(Cc1c(C)cc(C)cc1C)c1cncc(F)c1. The van der Waals surface area contributed by atoms with E-state index in [-0.39, 0.29) is 11.9 Å². The summed E-state index contributed by atoms with van der Waals surface area (Å²) in [5, 5.41) is 3.44. The van der Waals surface area contributed by atoms with Gasteiger partial charge in [-0.25, -0.2) is 4.39 Å². The Morgan fingerprint density at radius 3 is 2.33 bits per heavy atom. The van der Waals surface area contributed by atoms with E-state index in [1.807, 2.05) is 0 Å². The summed E-state index contributed by atoms with van der Waals surface area (Å²) < 4.78 is 13.4. The smallest absolute Gasteiger partial charge is 0.141 e. The van der Waals surface area contributed by atoms with Crippen LogP contribution in [0.4, 0.5) is 4.39 Å². The standard InChI is InChI=1S/C18H23FN2/c1-5-21-18(15-8-16(19)11-20-10-15)9-17-13(3)6-12(2)7-14(17)4/h6-8,10-11,18,21H,5,9H2,1-4H3. The van der Waals surface area contributed by atoms with Crippen LogP contribution in [-0.2, 0) is 6.42 Å². The molecule has 3 heteroatoms. The van der Waals surface area contributed by atoms with E-state index in [4.69, 9.17) is 0 Å². The first kappa shape index (κ1) is 15.6. The second-order valence-corrected chi connectivity index (χ2v) is 5.63. The van der Waals surface area contributed by atoms with Crippen LogP contribution in [-0.4, -0.2) is 11.5 Å². The fraction of sp³-hybridized carbons (Fsp3) is 0.389. The fourth-order valence-electron chi connectivity index (χ4n) is 2.91. The Hall–Kier alpha value is -1.74. The number of aromatic nitrogens is 1. The predicted molar refractivity (Wildman–Crippen MR) is 85.0 cm³/mol. The topological polar surface area (TPSA) is 24.9 Å². The van der Waals surface area contributed by atoms with Crippen LogP contribution in [0.3, 0.4) is 0 Å². The van der Waals surface area contributed by atoms with Crippen LogP contribution >= 0.6 is 0 Å². The zero-order valence-electron chi connectivity index (χ0n) is 13.2. The van der Waals surface area contributed by atoms with Crippen molar-refractivity contribution < 1.29 is 4.39 Å². The number of nitrogens with one attached hydrogen (secondary N) is 1. The van der Waals surface area contributed by atoms with Crippen molar-refractivity contribution in [1.82, 2.24) is 10.3 Å². The maximum Gasteiger partial charge on any atom is 0.141 e. The van der Waals surface area contributed by atoms with Crippen LogP contribution in [0, 0.1) is 26.6 Å². The van der Waals surface area contributed by atoms with Gasteiger partial charge < -0.3 is 5.32 Å². The van der Waals surface area contributed by atoms with Gasteiger partial charge in [0.15, 0.2) is 0 Å². The molecule has 0 saturated carbocycles. The molecule has 0 amide bonds. The van der Waals surface area contributed by atoms with Gasteiger partial charge in [0.25, 0.3) is 0 Å². The average molecular weight is 286 g/mol. The van der Waals surface area contributed by atoms with Crippen molar-refractivity contribution >= 4 is 0 Å². The molecule has 2 aromatic rings. The van der Waals surface area contributed by atoms with Crippen molar-refractivity contribution in [3.8, 4) is 0 Å². The number of hydrogen-bond acceptors (Lipinski definition) is 2. The van der Waals surface area contributed by atoms with Gasteiger partial charge in [-0.15, -0.1) is 0 Å². The molecule has 1 unspecified atom stereocenters. The molecule has 0 spiro atoms. The maximum atomic E-state index is 13.4. The largest absolute Gasteiger partial charge is 0.310 e. The van der Waals surface area contributed by atoms with Gasteiger partial charge in [0, 0.05) is 12.2 Å². The van der Waals surface area contributed by atoms with E-state index in [0.717, 1.165) is 18.5 Å². The Morgan fingerprint density at radius 2 is 1.76 bits per heavy atom. The van der Waals surface area contributed by atoms with Crippen LogP contribution < -0.4 is 5.32 Å². The van der Waals surface area contributed by atoms with Gasteiger partial charge in [-0.3, -0.25) is 4.98 Å². The van der Waals surface area contributed by atoms with Crippen LogP contribution in [0.1, 0.15) is 40.8 Å². The van der Waals surface area contributed by atoms with Crippen molar-refractivity contribution in [3.63, 3.8) is 0 Å². The maximum absolute atomic E-state index is 13.4. The molecule has 1 atom stereocenters. The van der Waals surface area contributed by atoms with Crippen LogP contribution in [0.5, 0.6) is 0 Å². The Bertz CT molecular complexity index is 599. The number of nitrogens with zero attached hydrogens (tertiary/aromatic N) is 1. The summed E-state index contributed by atoms with van der Waals surface area (Å²) in [5.41, 5.74) is 6.09. The molecule has 112 valence electrons. The van der Waals surface area contributed by atoms with Gasteiger partial charge in [-0.2, -0.15) is 0 Å². The summed E-state index contributed by atoms with van der Waals surface area (Å²) in [6, 6.07) is 6.06. The van der Waals surface area contributed by atoms with E-state index in [1.54, 1.807) is 12.3 Å². The first-order valence-corrected chi connectivity index (χ1v) is 7.41. The van der Waals surface area contributed by atoms with E-state index in [0.29, 0.717) is 0 Å². The molecule has 21 heavy (non-hydrogen) atoms. The van der Waals surface area contributed by atoms with E-state index < -0.39 is 0 Å². The third-order valence-corrected chi connectivity index (χ3v) is 3.83. The van der Waals surface area contributed by atoms with Crippen LogP contribution in [0.2, 0.25) is 0 Å². The number of likely N-dealkylation sites (N-methyl/N-ethyl adjacent to an activating group) is 1. The summed E-state index contributed by atoms with van der Waals surface area (Å²) >= 11 is 0.